The Labute approximate surface area is 280 Å². The van der Waals surface area contributed by atoms with Crippen molar-refractivity contribution in [3.05, 3.63) is 187 Å². The summed E-state index contributed by atoms with van der Waals surface area (Å²) in [5, 5.41) is 27.3. The molecule has 0 aliphatic heterocycles. The van der Waals surface area contributed by atoms with Gasteiger partial charge in [-0.3, -0.25) is 0 Å². The molecular formula is C44H29N3Si. The SMILES string of the molecule is N#Cc1ccc2c(c1)c1ccccc1n2-c1cc(-c2cccc([Si](c3ccccc3)(c3ccccc3)c3ccccc3)c2)ccc1C#N. The number of nitriles is 2. The van der Waals surface area contributed by atoms with Crippen molar-refractivity contribution >= 4 is 50.6 Å². The van der Waals surface area contributed by atoms with Crippen LogP contribution in [0, 0.1) is 22.7 Å². The molecule has 8 aromatic rings. The van der Waals surface area contributed by atoms with E-state index in [1.54, 1.807) is 0 Å². The van der Waals surface area contributed by atoms with Gasteiger partial charge in [0.1, 0.15) is 6.07 Å². The van der Waals surface area contributed by atoms with Crippen LogP contribution in [0.25, 0.3) is 38.6 Å². The number of para-hydroxylation sites is 1. The first kappa shape index (κ1) is 29.0. The minimum atomic E-state index is -2.71. The van der Waals surface area contributed by atoms with E-state index in [2.05, 4.69) is 156 Å². The van der Waals surface area contributed by atoms with Crippen molar-refractivity contribution in [3.8, 4) is 29.0 Å². The van der Waals surface area contributed by atoms with Gasteiger partial charge in [0, 0.05) is 10.8 Å². The van der Waals surface area contributed by atoms with Gasteiger partial charge in [-0.15, -0.1) is 0 Å². The zero-order chi connectivity index (χ0) is 32.5. The predicted octanol–water partition coefficient (Wildman–Crippen LogP) is 7.57. The first-order valence-corrected chi connectivity index (χ1v) is 18.0. The third kappa shape index (κ3) is 4.64. The third-order valence-electron chi connectivity index (χ3n) is 9.41. The molecule has 0 saturated carbocycles. The molecule has 0 radical (unpaired) electrons. The third-order valence-corrected chi connectivity index (χ3v) is 14.2. The zero-order valence-corrected chi connectivity index (χ0v) is 27.1. The largest absolute Gasteiger partial charge is 0.308 e. The minimum absolute atomic E-state index is 0.587. The Morgan fingerprint density at radius 1 is 0.417 bits per heavy atom. The molecule has 0 N–H and O–H groups in total. The van der Waals surface area contributed by atoms with E-state index in [1.807, 2.05) is 36.4 Å². The van der Waals surface area contributed by atoms with Gasteiger partial charge in [0.25, 0.3) is 0 Å². The van der Waals surface area contributed by atoms with Gasteiger partial charge in [0.05, 0.1) is 33.9 Å². The molecule has 0 saturated heterocycles. The molecule has 48 heavy (non-hydrogen) atoms. The smallest absolute Gasteiger partial charge is 0.179 e. The van der Waals surface area contributed by atoms with E-state index in [4.69, 9.17) is 0 Å². The molecule has 0 bridgehead atoms. The number of hydrogen-bond acceptors (Lipinski definition) is 2. The summed E-state index contributed by atoms with van der Waals surface area (Å²) in [7, 11) is -2.71. The van der Waals surface area contributed by atoms with E-state index >= 15 is 0 Å². The summed E-state index contributed by atoms with van der Waals surface area (Å²) in [6.07, 6.45) is 0. The van der Waals surface area contributed by atoms with Crippen LogP contribution in [0.4, 0.5) is 0 Å². The fourth-order valence-electron chi connectivity index (χ4n) is 7.29. The molecule has 7 aromatic carbocycles. The van der Waals surface area contributed by atoms with Crippen LogP contribution < -0.4 is 20.7 Å². The van der Waals surface area contributed by atoms with E-state index in [0.29, 0.717) is 11.1 Å². The molecule has 0 atom stereocenters. The highest BCUT2D eigenvalue weighted by Gasteiger charge is 2.41. The van der Waals surface area contributed by atoms with E-state index in [1.165, 1.54) is 20.7 Å². The Hall–Kier alpha value is -6.46. The van der Waals surface area contributed by atoms with Crippen LogP contribution in [0.2, 0.25) is 0 Å². The number of hydrogen-bond donors (Lipinski definition) is 0. The van der Waals surface area contributed by atoms with E-state index < -0.39 is 8.07 Å². The lowest BCUT2D eigenvalue weighted by Crippen LogP contribution is -2.74. The second-order valence-corrected chi connectivity index (χ2v) is 15.8. The molecule has 0 spiro atoms. The van der Waals surface area contributed by atoms with E-state index in [9.17, 15) is 10.5 Å². The lowest BCUT2D eigenvalue weighted by Gasteiger charge is -2.34. The number of aromatic nitrogens is 1. The molecule has 224 valence electrons. The van der Waals surface area contributed by atoms with Crippen molar-refractivity contribution in [1.29, 1.82) is 10.5 Å². The van der Waals surface area contributed by atoms with Crippen LogP contribution in [-0.2, 0) is 0 Å². The van der Waals surface area contributed by atoms with Gasteiger partial charge in [-0.05, 0) is 68.3 Å². The number of fused-ring (bicyclic) bond motifs is 3. The summed E-state index contributed by atoms with van der Waals surface area (Å²) >= 11 is 0. The van der Waals surface area contributed by atoms with Gasteiger partial charge < -0.3 is 4.57 Å². The van der Waals surface area contributed by atoms with Crippen molar-refractivity contribution in [2.75, 3.05) is 0 Å². The molecule has 3 nitrogen and oxygen atoms in total. The summed E-state index contributed by atoms with van der Waals surface area (Å²) in [4.78, 5) is 0. The fraction of sp³-hybridized carbons (Fsp3) is 0. The molecule has 0 amide bonds. The van der Waals surface area contributed by atoms with E-state index in [-0.39, 0.29) is 0 Å². The lowest BCUT2D eigenvalue weighted by atomic mass is 10.0. The maximum atomic E-state index is 10.3. The summed E-state index contributed by atoms with van der Waals surface area (Å²) in [5.41, 5.74) is 6.08. The van der Waals surface area contributed by atoms with Gasteiger partial charge in [-0.25, -0.2) is 0 Å². The molecule has 0 unspecified atom stereocenters. The second-order valence-electron chi connectivity index (χ2n) is 12.0. The Balaban J connectivity index is 1.38. The highest BCUT2D eigenvalue weighted by molar-refractivity contribution is 7.19. The summed E-state index contributed by atoms with van der Waals surface area (Å²) in [6, 6.07) is 66.6. The fourth-order valence-corrected chi connectivity index (χ4v) is 12.1. The monoisotopic (exact) mass is 627 g/mol. The van der Waals surface area contributed by atoms with Crippen molar-refractivity contribution in [1.82, 2.24) is 4.57 Å². The van der Waals surface area contributed by atoms with Gasteiger partial charge in [-0.2, -0.15) is 10.5 Å². The van der Waals surface area contributed by atoms with Crippen LogP contribution >= 0.6 is 0 Å². The van der Waals surface area contributed by atoms with Crippen molar-refractivity contribution < 1.29 is 0 Å². The topological polar surface area (TPSA) is 52.5 Å². The Bertz CT molecular complexity index is 2430. The number of benzene rings is 7. The van der Waals surface area contributed by atoms with Crippen molar-refractivity contribution in [2.45, 2.75) is 0 Å². The number of rotatable bonds is 6. The Morgan fingerprint density at radius 3 is 1.60 bits per heavy atom. The first-order valence-electron chi connectivity index (χ1n) is 16.0. The average Bonchev–Trinajstić information content (AvgIpc) is 3.50. The summed E-state index contributed by atoms with van der Waals surface area (Å²) in [5.74, 6) is 0. The molecule has 0 fully saturated rings. The van der Waals surface area contributed by atoms with Crippen LogP contribution in [0.5, 0.6) is 0 Å². The van der Waals surface area contributed by atoms with Crippen molar-refractivity contribution in [3.63, 3.8) is 0 Å². The molecule has 0 aliphatic carbocycles. The van der Waals surface area contributed by atoms with Crippen LogP contribution in [0.15, 0.2) is 176 Å². The van der Waals surface area contributed by atoms with Gasteiger partial charge in [-0.1, -0.05) is 140 Å². The molecule has 1 aromatic heterocycles. The van der Waals surface area contributed by atoms with Gasteiger partial charge in [0.2, 0.25) is 0 Å². The van der Waals surface area contributed by atoms with Crippen LogP contribution in [0.1, 0.15) is 11.1 Å². The standard InChI is InChI=1S/C44H29N3Si/c45-30-32-23-26-43-41(27-32)40-21-10-11-22-42(40)47(43)44-29-34(24-25-35(44)31-46)33-13-12-20-39(28-33)48(36-14-4-1-5-15-36,37-16-6-2-7-17-37)38-18-8-3-9-19-38/h1-29H. The molecular weight excluding hydrogens is 599 g/mol. The van der Waals surface area contributed by atoms with Gasteiger partial charge in [0.15, 0.2) is 8.07 Å². The maximum Gasteiger partial charge on any atom is 0.179 e. The minimum Gasteiger partial charge on any atom is -0.308 e. The van der Waals surface area contributed by atoms with Crippen LogP contribution in [0.3, 0.4) is 0 Å². The molecule has 8 rings (SSSR count). The number of nitrogens with zero attached hydrogens (tertiary/aromatic N) is 3. The molecule has 4 heteroatoms. The summed E-state index contributed by atoms with van der Waals surface area (Å²) < 4.78 is 2.16. The average molecular weight is 628 g/mol. The van der Waals surface area contributed by atoms with Gasteiger partial charge >= 0.3 is 0 Å². The van der Waals surface area contributed by atoms with Crippen molar-refractivity contribution in [2.24, 2.45) is 0 Å². The van der Waals surface area contributed by atoms with E-state index in [0.717, 1.165) is 38.6 Å². The molecule has 1 heterocycles. The highest BCUT2D eigenvalue weighted by atomic mass is 28.3. The zero-order valence-electron chi connectivity index (χ0n) is 26.1. The maximum absolute atomic E-state index is 10.3. The predicted molar refractivity (Wildman–Crippen MR) is 199 cm³/mol. The quantitative estimate of drug-likeness (QED) is 0.141. The summed E-state index contributed by atoms with van der Waals surface area (Å²) in [6.45, 7) is 0. The normalized spacial score (nSPS) is 11.3. The Kier molecular flexibility index (Phi) is 7.27. The highest BCUT2D eigenvalue weighted by Crippen LogP contribution is 2.35. The second kappa shape index (κ2) is 12.0. The molecule has 0 aliphatic rings. The first-order chi connectivity index (χ1) is 23.7. The lowest BCUT2D eigenvalue weighted by molar-refractivity contribution is 1.17. The van der Waals surface area contributed by atoms with Crippen LogP contribution in [-0.4, -0.2) is 12.6 Å². The Morgan fingerprint density at radius 2 is 0.979 bits per heavy atom.